The number of H-pyrrole nitrogens is 1. The van der Waals surface area contributed by atoms with Crippen LogP contribution in [0.3, 0.4) is 0 Å². The Bertz CT molecular complexity index is 1260. The van der Waals surface area contributed by atoms with Gasteiger partial charge in [-0.2, -0.15) is 13.2 Å². The summed E-state index contributed by atoms with van der Waals surface area (Å²) in [4.78, 5) is 43.0. The van der Waals surface area contributed by atoms with E-state index in [-0.39, 0.29) is 41.2 Å². The maximum atomic E-state index is 12.8. The second-order valence-electron chi connectivity index (χ2n) is 7.26. The molecule has 184 valence electrons. The number of aromatic amines is 1. The van der Waals surface area contributed by atoms with Crippen LogP contribution in [0.1, 0.15) is 16.8 Å². The summed E-state index contributed by atoms with van der Waals surface area (Å²) in [7, 11) is 1.54. The third-order valence-electron chi connectivity index (χ3n) is 4.55. The predicted octanol–water partition coefficient (Wildman–Crippen LogP) is 3.39. The topological polar surface area (TPSA) is 113 Å². The highest BCUT2D eigenvalue weighted by Gasteiger charge is 2.30. The number of hydrogen-bond donors (Lipinski definition) is 3. The number of alkyl halides is 3. The van der Waals surface area contributed by atoms with Gasteiger partial charge in [0.15, 0.2) is 5.16 Å². The molecule has 0 spiro atoms. The summed E-state index contributed by atoms with van der Waals surface area (Å²) < 4.78 is 43.6. The van der Waals surface area contributed by atoms with Gasteiger partial charge >= 0.3 is 6.18 Å². The van der Waals surface area contributed by atoms with Gasteiger partial charge < -0.3 is 20.4 Å². The molecule has 2 aromatic carbocycles. The fraction of sp³-hybridized carbons (Fsp3) is 0.217. The zero-order chi connectivity index (χ0) is 25.4. The van der Waals surface area contributed by atoms with Crippen LogP contribution in [-0.4, -0.2) is 34.6 Å². The molecule has 3 N–H and O–H groups in total. The lowest BCUT2D eigenvalue weighted by Gasteiger charge is -2.10. The zero-order valence-electron chi connectivity index (χ0n) is 18.4. The third kappa shape index (κ3) is 8.18. The standard InChI is InChI=1S/C23H21F3N4O4S/c1-34-18-7-2-4-14(8-18)12-27-19(31)10-17-11-20(32)30-22(29-17)35-13-21(33)28-16-6-3-5-15(9-16)23(24,25)26/h2-9,11H,10,12-13H2,1H3,(H,27,31)(H,28,33)(H,29,30,32). The number of benzene rings is 2. The van der Waals surface area contributed by atoms with Gasteiger partial charge in [0.1, 0.15) is 5.75 Å². The van der Waals surface area contributed by atoms with E-state index in [4.69, 9.17) is 4.74 Å². The second-order valence-corrected chi connectivity index (χ2v) is 8.23. The van der Waals surface area contributed by atoms with Crippen LogP contribution < -0.4 is 20.9 Å². The van der Waals surface area contributed by atoms with Crippen molar-refractivity contribution in [3.8, 4) is 5.75 Å². The van der Waals surface area contributed by atoms with Crippen molar-refractivity contribution < 1.29 is 27.5 Å². The fourth-order valence-corrected chi connectivity index (χ4v) is 3.65. The summed E-state index contributed by atoms with van der Waals surface area (Å²) >= 11 is 0.881. The first-order valence-electron chi connectivity index (χ1n) is 10.2. The zero-order valence-corrected chi connectivity index (χ0v) is 19.3. The molecule has 0 unspecified atom stereocenters. The molecule has 3 rings (SSSR count). The minimum atomic E-state index is -4.53. The van der Waals surface area contributed by atoms with Crippen LogP contribution in [0.5, 0.6) is 5.75 Å². The van der Waals surface area contributed by atoms with E-state index in [0.29, 0.717) is 5.75 Å². The van der Waals surface area contributed by atoms with Crippen LogP contribution in [0.4, 0.5) is 18.9 Å². The largest absolute Gasteiger partial charge is 0.497 e. The van der Waals surface area contributed by atoms with E-state index < -0.39 is 23.2 Å². The smallest absolute Gasteiger partial charge is 0.416 e. The highest BCUT2D eigenvalue weighted by molar-refractivity contribution is 7.99. The van der Waals surface area contributed by atoms with Crippen molar-refractivity contribution in [1.29, 1.82) is 0 Å². The molecule has 1 heterocycles. The number of rotatable bonds is 9. The summed E-state index contributed by atoms with van der Waals surface area (Å²) in [6.07, 6.45) is -4.68. The molecule has 0 radical (unpaired) electrons. The van der Waals surface area contributed by atoms with Crippen molar-refractivity contribution in [1.82, 2.24) is 15.3 Å². The quantitative estimate of drug-likeness (QED) is 0.303. The molecule has 0 aliphatic rings. The number of anilines is 1. The molecule has 0 fully saturated rings. The highest BCUT2D eigenvalue weighted by Crippen LogP contribution is 2.30. The third-order valence-corrected chi connectivity index (χ3v) is 5.43. The minimum Gasteiger partial charge on any atom is -0.497 e. The van der Waals surface area contributed by atoms with Crippen molar-refractivity contribution in [2.24, 2.45) is 0 Å². The van der Waals surface area contributed by atoms with Crippen LogP contribution in [0.25, 0.3) is 0 Å². The van der Waals surface area contributed by atoms with E-state index in [2.05, 4.69) is 20.6 Å². The second kappa shape index (κ2) is 11.6. The SMILES string of the molecule is COc1cccc(CNC(=O)Cc2cc(=O)[nH]c(SCC(=O)Nc3cccc(C(F)(F)F)c3)n2)c1. The molecule has 0 aliphatic heterocycles. The molecule has 0 saturated heterocycles. The van der Waals surface area contributed by atoms with Crippen LogP contribution in [0.2, 0.25) is 0 Å². The minimum absolute atomic E-state index is 0.00617. The molecule has 1 aromatic heterocycles. The molecule has 0 saturated carbocycles. The van der Waals surface area contributed by atoms with Gasteiger partial charge in [0, 0.05) is 18.3 Å². The average Bonchev–Trinajstić information content (AvgIpc) is 2.81. The Balaban J connectivity index is 1.54. The lowest BCUT2D eigenvalue weighted by Crippen LogP contribution is -2.26. The molecule has 35 heavy (non-hydrogen) atoms. The number of nitrogens with zero attached hydrogens (tertiary/aromatic N) is 1. The Morgan fingerprint density at radius 3 is 2.60 bits per heavy atom. The highest BCUT2D eigenvalue weighted by atomic mass is 32.2. The molecule has 0 bridgehead atoms. The lowest BCUT2D eigenvalue weighted by atomic mass is 10.2. The van der Waals surface area contributed by atoms with Gasteiger partial charge in [-0.05, 0) is 35.9 Å². The maximum Gasteiger partial charge on any atom is 0.416 e. The van der Waals surface area contributed by atoms with Crippen LogP contribution >= 0.6 is 11.8 Å². The molecule has 2 amide bonds. The molecular weight excluding hydrogens is 485 g/mol. The monoisotopic (exact) mass is 506 g/mol. The number of aromatic nitrogens is 2. The van der Waals surface area contributed by atoms with E-state index in [1.807, 2.05) is 6.07 Å². The number of nitrogens with one attached hydrogen (secondary N) is 3. The van der Waals surface area contributed by atoms with E-state index >= 15 is 0 Å². The summed E-state index contributed by atoms with van der Waals surface area (Å²) in [5.74, 6) is -0.501. The molecule has 12 heteroatoms. The Labute approximate surface area is 202 Å². The number of carbonyl (C=O) groups excluding carboxylic acids is 2. The van der Waals surface area contributed by atoms with Crippen molar-refractivity contribution >= 4 is 29.3 Å². The number of carbonyl (C=O) groups is 2. The number of thioether (sulfide) groups is 1. The van der Waals surface area contributed by atoms with Crippen LogP contribution in [0.15, 0.2) is 64.5 Å². The molecule has 0 aliphatic carbocycles. The van der Waals surface area contributed by atoms with Gasteiger partial charge in [0.05, 0.1) is 30.5 Å². The average molecular weight is 507 g/mol. The van der Waals surface area contributed by atoms with Crippen molar-refractivity contribution in [3.05, 3.63) is 81.8 Å². The van der Waals surface area contributed by atoms with E-state index in [0.717, 1.165) is 29.5 Å². The first-order valence-corrected chi connectivity index (χ1v) is 11.2. The summed E-state index contributed by atoms with van der Waals surface area (Å²) in [6, 6.07) is 12.6. The number of hydrogen-bond acceptors (Lipinski definition) is 6. The molecule has 0 atom stereocenters. The first-order chi connectivity index (χ1) is 16.6. The maximum absolute atomic E-state index is 12.8. The van der Waals surface area contributed by atoms with Crippen LogP contribution in [0, 0.1) is 0 Å². The van der Waals surface area contributed by atoms with Crippen LogP contribution in [-0.2, 0) is 28.7 Å². The van der Waals surface area contributed by atoms with E-state index in [1.54, 1.807) is 25.3 Å². The van der Waals surface area contributed by atoms with Gasteiger partial charge in [-0.1, -0.05) is 30.0 Å². The first kappa shape index (κ1) is 25.8. The Kier molecular flexibility index (Phi) is 8.53. The predicted molar refractivity (Wildman–Crippen MR) is 124 cm³/mol. The normalized spacial score (nSPS) is 11.1. The number of methoxy groups -OCH3 is 1. The van der Waals surface area contributed by atoms with Crippen molar-refractivity contribution in [2.75, 3.05) is 18.2 Å². The van der Waals surface area contributed by atoms with Gasteiger partial charge in [0.2, 0.25) is 11.8 Å². The summed E-state index contributed by atoms with van der Waals surface area (Å²) in [5, 5.41) is 5.21. The number of ether oxygens (including phenoxy) is 1. The Morgan fingerprint density at radius 2 is 1.86 bits per heavy atom. The lowest BCUT2D eigenvalue weighted by molar-refractivity contribution is -0.137. The van der Waals surface area contributed by atoms with Crippen molar-refractivity contribution in [3.63, 3.8) is 0 Å². The van der Waals surface area contributed by atoms with Gasteiger partial charge in [-0.25, -0.2) is 4.98 Å². The molecule has 3 aromatic rings. The summed E-state index contributed by atoms with van der Waals surface area (Å²) in [6.45, 7) is 0.260. The summed E-state index contributed by atoms with van der Waals surface area (Å²) in [5.41, 5.74) is -0.353. The number of amides is 2. The van der Waals surface area contributed by atoms with Gasteiger partial charge in [-0.3, -0.25) is 14.4 Å². The van der Waals surface area contributed by atoms with E-state index in [9.17, 15) is 27.6 Å². The Hall–Kier alpha value is -3.80. The number of halogens is 3. The fourth-order valence-electron chi connectivity index (χ4n) is 2.96. The molecule has 8 nitrogen and oxygen atoms in total. The Morgan fingerprint density at radius 1 is 1.09 bits per heavy atom. The molecular formula is C23H21F3N4O4S. The van der Waals surface area contributed by atoms with Gasteiger partial charge in [-0.15, -0.1) is 0 Å². The van der Waals surface area contributed by atoms with Gasteiger partial charge in [0.25, 0.3) is 5.56 Å². The van der Waals surface area contributed by atoms with Crippen molar-refractivity contribution in [2.45, 2.75) is 24.3 Å². The van der Waals surface area contributed by atoms with E-state index in [1.165, 1.54) is 18.2 Å².